The van der Waals surface area contributed by atoms with Crippen LogP contribution in [0.25, 0.3) is 0 Å². The van der Waals surface area contributed by atoms with Gasteiger partial charge in [-0.3, -0.25) is 14.4 Å². The average Bonchev–Trinajstić information content (AvgIpc) is 2.94. The Kier molecular flexibility index (Phi) is 6.85. The van der Waals surface area contributed by atoms with Crippen molar-refractivity contribution >= 4 is 61.5 Å². The van der Waals surface area contributed by atoms with Gasteiger partial charge >= 0.3 is 0 Å². The summed E-state index contributed by atoms with van der Waals surface area (Å²) in [5.41, 5.74) is 1.31. The maximum Gasteiger partial charge on any atom is 0.245 e. The molecule has 3 amide bonds. The lowest BCUT2D eigenvalue weighted by atomic mass is 10.2. The van der Waals surface area contributed by atoms with Crippen LogP contribution in [-0.4, -0.2) is 28.0 Å². The first kappa shape index (κ1) is 19.3. The largest absolute Gasteiger partial charge is 0.326 e. The predicted molar refractivity (Wildman–Crippen MR) is 101 cm³/mol. The lowest BCUT2D eigenvalue weighted by Gasteiger charge is -2.11. The van der Waals surface area contributed by atoms with Gasteiger partial charge in [0.1, 0.15) is 0 Å². The van der Waals surface area contributed by atoms with Gasteiger partial charge in [-0.15, -0.1) is 0 Å². The molecule has 2 rings (SSSR count). The summed E-state index contributed by atoms with van der Waals surface area (Å²) in [4.78, 5) is 42.6. The monoisotopic (exact) mass is 396 g/mol. The number of carbonyl (C=O) groups excluding carboxylic acids is 3. The summed E-state index contributed by atoms with van der Waals surface area (Å²) in [7, 11) is 2.68. The number of nitrogens with one attached hydrogen (secondary N) is 2. The van der Waals surface area contributed by atoms with E-state index in [9.17, 15) is 14.4 Å². The van der Waals surface area contributed by atoms with Crippen LogP contribution in [0.3, 0.4) is 0 Å². The van der Waals surface area contributed by atoms with E-state index in [0.717, 1.165) is 0 Å². The molecule has 0 aliphatic heterocycles. The molecule has 1 aromatic heterocycles. The first-order valence-electron chi connectivity index (χ1n) is 7.21. The van der Waals surface area contributed by atoms with Crippen LogP contribution in [0.2, 0.25) is 0 Å². The van der Waals surface area contributed by atoms with Crippen molar-refractivity contribution in [3.63, 3.8) is 0 Å². The minimum atomic E-state index is -0.362. The van der Waals surface area contributed by atoms with Crippen LogP contribution in [0, 0.1) is 0 Å². The van der Waals surface area contributed by atoms with E-state index >= 15 is 0 Å². The summed E-state index contributed by atoms with van der Waals surface area (Å²) in [6.45, 7) is 4.58. The van der Waals surface area contributed by atoms with E-state index in [1.807, 2.05) is 0 Å². The highest BCUT2D eigenvalue weighted by Gasteiger charge is 2.16. The second kappa shape index (κ2) is 8.88. The Balaban J connectivity index is 1.94. The molecule has 2 aromatic rings. The third kappa shape index (κ3) is 6.40. The molecule has 0 unspecified atom stereocenters. The summed E-state index contributed by atoms with van der Waals surface area (Å²) in [5.74, 6) is -0.615. The Bertz CT molecular complexity index is 842. The second-order valence-electron chi connectivity index (χ2n) is 4.97. The number of carbonyl (C=O) groups is 3. The number of hydrogen-bond acceptors (Lipinski definition) is 7. The van der Waals surface area contributed by atoms with Crippen LogP contribution >= 0.6 is 32.4 Å². The van der Waals surface area contributed by atoms with Gasteiger partial charge in [0.2, 0.25) is 22.5 Å². The van der Waals surface area contributed by atoms with E-state index in [1.54, 1.807) is 31.2 Å². The normalized spacial score (nSPS) is 12.5. The zero-order valence-electron chi connectivity index (χ0n) is 13.7. The van der Waals surface area contributed by atoms with Crippen molar-refractivity contribution < 1.29 is 14.4 Å². The molecule has 0 aliphatic carbocycles. The third-order valence-electron chi connectivity index (χ3n) is 2.75. The molecule has 0 aliphatic rings. The van der Waals surface area contributed by atoms with Crippen molar-refractivity contribution in [1.82, 2.24) is 4.98 Å². The fourth-order valence-electron chi connectivity index (χ4n) is 1.70. The summed E-state index contributed by atoms with van der Waals surface area (Å²) in [5, 5.41) is 5.11. The molecule has 1 atom stereocenters. The van der Waals surface area contributed by atoms with E-state index in [0.29, 0.717) is 20.5 Å². The molecule has 2 N–H and O–H groups in total. The summed E-state index contributed by atoms with van der Waals surface area (Å²) in [6, 6.07) is 6.87. The molecule has 10 heteroatoms. The number of thioether (sulfide) groups is 1. The third-order valence-corrected chi connectivity index (χ3v) is 6.28. The van der Waals surface area contributed by atoms with Gasteiger partial charge in [-0.2, -0.15) is 9.98 Å². The molecule has 132 valence electrons. The molecular formula is C15H16N4O3S3. The SMILES string of the molecule is CC(=O)N=c1nc(S[C@@H](C)C(=O)Nc2ccc(NC(C)=O)cc2)ss1. The Morgan fingerprint density at radius 1 is 1.08 bits per heavy atom. The minimum Gasteiger partial charge on any atom is -0.326 e. The molecule has 25 heavy (non-hydrogen) atoms. The van der Waals surface area contributed by atoms with Crippen molar-refractivity contribution in [2.75, 3.05) is 10.6 Å². The summed E-state index contributed by atoms with van der Waals surface area (Å²) < 4.78 is 0.689. The van der Waals surface area contributed by atoms with Crippen LogP contribution in [0.4, 0.5) is 11.4 Å². The lowest BCUT2D eigenvalue weighted by Crippen LogP contribution is -2.22. The maximum atomic E-state index is 12.3. The second-order valence-corrected chi connectivity index (χ2v) is 8.64. The molecule has 0 saturated heterocycles. The van der Waals surface area contributed by atoms with E-state index < -0.39 is 0 Å². The average molecular weight is 397 g/mol. The number of amides is 3. The number of anilines is 2. The topological polar surface area (TPSA) is 101 Å². The highest BCUT2D eigenvalue weighted by molar-refractivity contribution is 8.03. The van der Waals surface area contributed by atoms with Gasteiger partial charge in [0.05, 0.1) is 5.25 Å². The Morgan fingerprint density at radius 2 is 1.68 bits per heavy atom. The molecule has 0 radical (unpaired) electrons. The fourth-order valence-corrected chi connectivity index (χ4v) is 5.01. The van der Waals surface area contributed by atoms with Gasteiger partial charge < -0.3 is 10.6 Å². The number of benzene rings is 1. The molecule has 7 nitrogen and oxygen atoms in total. The Morgan fingerprint density at radius 3 is 2.24 bits per heavy atom. The highest BCUT2D eigenvalue weighted by Crippen LogP contribution is 2.26. The van der Waals surface area contributed by atoms with Gasteiger partial charge in [0.25, 0.3) is 0 Å². The number of rotatable bonds is 5. The standard InChI is InChI=1S/C15H16N4O3S3/c1-8(23-15-19-14(24-25-15)17-10(3)21)13(22)18-12-6-4-11(5-7-12)16-9(2)20/h4-8H,1-3H3,(H,16,20)(H,18,22)/t8-/m0/s1. The maximum absolute atomic E-state index is 12.3. The fraction of sp³-hybridized carbons (Fsp3) is 0.267. The molecule has 1 heterocycles. The van der Waals surface area contributed by atoms with Gasteiger partial charge in [0.15, 0.2) is 4.34 Å². The van der Waals surface area contributed by atoms with E-state index in [-0.39, 0.29) is 23.0 Å². The molecular weight excluding hydrogens is 380 g/mol. The van der Waals surface area contributed by atoms with Crippen molar-refractivity contribution in [2.24, 2.45) is 4.99 Å². The summed E-state index contributed by atoms with van der Waals surface area (Å²) in [6.07, 6.45) is 0. The zero-order valence-corrected chi connectivity index (χ0v) is 16.2. The first-order valence-corrected chi connectivity index (χ1v) is 10.2. The van der Waals surface area contributed by atoms with Gasteiger partial charge in [-0.05, 0) is 51.9 Å². The van der Waals surface area contributed by atoms with Gasteiger partial charge in [0, 0.05) is 25.2 Å². The van der Waals surface area contributed by atoms with E-state index in [1.165, 1.54) is 46.3 Å². The Labute approximate surface area is 156 Å². The van der Waals surface area contributed by atoms with E-state index in [2.05, 4.69) is 20.6 Å². The van der Waals surface area contributed by atoms with Gasteiger partial charge in [-0.1, -0.05) is 11.8 Å². The van der Waals surface area contributed by atoms with Crippen LogP contribution in [0.5, 0.6) is 0 Å². The highest BCUT2D eigenvalue weighted by atomic mass is 32.9. The molecule has 0 spiro atoms. The van der Waals surface area contributed by atoms with Crippen LogP contribution in [0.1, 0.15) is 20.8 Å². The smallest absolute Gasteiger partial charge is 0.245 e. The zero-order chi connectivity index (χ0) is 18.4. The molecule has 0 saturated carbocycles. The van der Waals surface area contributed by atoms with E-state index in [4.69, 9.17) is 0 Å². The van der Waals surface area contributed by atoms with Crippen molar-refractivity contribution in [2.45, 2.75) is 30.4 Å². The lowest BCUT2D eigenvalue weighted by molar-refractivity contribution is -0.116. The van der Waals surface area contributed by atoms with Crippen molar-refractivity contribution in [1.29, 1.82) is 0 Å². The molecule has 1 aromatic carbocycles. The number of aromatic nitrogens is 1. The van der Waals surface area contributed by atoms with Crippen LogP contribution in [0.15, 0.2) is 33.6 Å². The van der Waals surface area contributed by atoms with Crippen LogP contribution in [-0.2, 0) is 14.4 Å². The molecule has 0 bridgehead atoms. The van der Waals surface area contributed by atoms with Crippen molar-refractivity contribution in [3.05, 3.63) is 29.1 Å². The Hall–Kier alpha value is -2.04. The quantitative estimate of drug-likeness (QED) is 0.598. The first-order chi connectivity index (χ1) is 11.8. The van der Waals surface area contributed by atoms with Gasteiger partial charge in [-0.25, -0.2) is 0 Å². The minimum absolute atomic E-state index is 0.151. The van der Waals surface area contributed by atoms with Crippen LogP contribution < -0.4 is 15.4 Å². The molecule has 0 fully saturated rings. The van der Waals surface area contributed by atoms with Crippen molar-refractivity contribution in [3.8, 4) is 0 Å². The summed E-state index contributed by atoms with van der Waals surface area (Å²) >= 11 is 1.31. The number of hydrogen-bond donors (Lipinski definition) is 2. The predicted octanol–water partition coefficient (Wildman–Crippen LogP) is 2.73. The number of nitrogens with zero attached hydrogens (tertiary/aromatic N) is 2.